The maximum Gasteiger partial charge on any atom is 0.573 e. The zero-order chi connectivity index (χ0) is 19.3. The summed E-state index contributed by atoms with van der Waals surface area (Å²) >= 11 is 0. The fourth-order valence-electron chi connectivity index (χ4n) is 2.19. The molecule has 4 N–H and O–H groups in total. The number of rotatable bonds is 5. The lowest BCUT2D eigenvalue weighted by molar-refractivity contribution is -0.274. The first-order valence-corrected chi connectivity index (χ1v) is 7.82. The molecule has 0 saturated heterocycles. The number of anilines is 1. The smallest absolute Gasteiger partial charge is 0.406 e. The van der Waals surface area contributed by atoms with Crippen LogP contribution in [0.1, 0.15) is 22.8 Å². The van der Waals surface area contributed by atoms with Gasteiger partial charge in [0.1, 0.15) is 5.75 Å². The van der Waals surface area contributed by atoms with Gasteiger partial charge >= 0.3 is 6.36 Å². The van der Waals surface area contributed by atoms with Crippen molar-refractivity contribution in [2.24, 2.45) is 10.7 Å². The van der Waals surface area contributed by atoms with E-state index in [9.17, 15) is 18.3 Å². The molecule has 5 nitrogen and oxygen atoms in total. The number of benzene rings is 2. The first-order valence-electron chi connectivity index (χ1n) is 7.82. The molecule has 0 aliphatic rings. The summed E-state index contributed by atoms with van der Waals surface area (Å²) in [6.07, 6.45) is -5.76. The molecular formula is C18H20F3N3O2. The van der Waals surface area contributed by atoms with E-state index in [1.165, 1.54) is 12.1 Å². The molecule has 2 aromatic rings. The van der Waals surface area contributed by atoms with Crippen LogP contribution in [0.2, 0.25) is 0 Å². The minimum absolute atomic E-state index is 0.0385. The molecular weight excluding hydrogens is 347 g/mol. The number of aryl methyl sites for hydroxylation is 2. The van der Waals surface area contributed by atoms with E-state index in [0.717, 1.165) is 28.9 Å². The first kappa shape index (κ1) is 19.6. The van der Waals surface area contributed by atoms with E-state index in [4.69, 9.17) is 5.73 Å². The molecule has 1 atom stereocenters. The minimum atomic E-state index is -4.75. The van der Waals surface area contributed by atoms with E-state index < -0.39 is 12.5 Å². The summed E-state index contributed by atoms with van der Waals surface area (Å²) < 4.78 is 40.2. The molecule has 0 bridgehead atoms. The van der Waals surface area contributed by atoms with Crippen molar-refractivity contribution in [1.29, 1.82) is 0 Å². The number of aliphatic hydroxyl groups is 1. The molecule has 8 heteroatoms. The Kier molecular flexibility index (Phi) is 6.10. The van der Waals surface area contributed by atoms with Crippen molar-refractivity contribution in [3.63, 3.8) is 0 Å². The maximum atomic E-state index is 12.1. The van der Waals surface area contributed by atoms with Crippen LogP contribution >= 0.6 is 0 Å². The van der Waals surface area contributed by atoms with Crippen molar-refractivity contribution in [1.82, 2.24) is 0 Å². The number of nitrogens with zero attached hydrogens (tertiary/aromatic N) is 1. The summed E-state index contributed by atoms with van der Waals surface area (Å²) in [5.74, 6) is -0.225. The van der Waals surface area contributed by atoms with Crippen LogP contribution in [-0.2, 0) is 0 Å². The second-order valence-corrected chi connectivity index (χ2v) is 5.78. The van der Waals surface area contributed by atoms with Crippen molar-refractivity contribution in [3.05, 3.63) is 59.2 Å². The number of ether oxygens (including phenoxy) is 1. The van der Waals surface area contributed by atoms with Crippen molar-refractivity contribution in [2.45, 2.75) is 26.3 Å². The third-order valence-electron chi connectivity index (χ3n) is 3.71. The van der Waals surface area contributed by atoms with E-state index in [1.807, 2.05) is 32.0 Å². The molecule has 2 aromatic carbocycles. The van der Waals surface area contributed by atoms with Gasteiger partial charge < -0.3 is 20.9 Å². The van der Waals surface area contributed by atoms with Gasteiger partial charge in [0.05, 0.1) is 12.6 Å². The second kappa shape index (κ2) is 8.09. The predicted molar refractivity (Wildman–Crippen MR) is 94.1 cm³/mol. The van der Waals surface area contributed by atoms with Gasteiger partial charge in [-0.1, -0.05) is 18.2 Å². The summed E-state index contributed by atoms with van der Waals surface area (Å²) in [6.45, 7) is 3.94. The Balaban J connectivity index is 1.94. The fraction of sp³-hybridized carbons (Fsp3) is 0.278. The summed E-state index contributed by atoms with van der Waals surface area (Å²) in [5.41, 5.74) is 9.23. The van der Waals surface area contributed by atoms with E-state index in [1.54, 1.807) is 0 Å². The third-order valence-corrected chi connectivity index (χ3v) is 3.71. The van der Waals surface area contributed by atoms with Crippen molar-refractivity contribution < 1.29 is 23.0 Å². The van der Waals surface area contributed by atoms with Gasteiger partial charge in [0.25, 0.3) is 0 Å². The average Bonchev–Trinajstić information content (AvgIpc) is 2.55. The number of aliphatic imine (C=N–C) groups is 1. The number of guanidine groups is 1. The Morgan fingerprint density at radius 2 is 1.81 bits per heavy atom. The molecule has 0 amide bonds. The highest BCUT2D eigenvalue weighted by Crippen LogP contribution is 2.24. The molecule has 0 aromatic heterocycles. The Bertz CT molecular complexity index is 774. The lowest BCUT2D eigenvalue weighted by atomic mass is 10.1. The zero-order valence-electron chi connectivity index (χ0n) is 14.3. The monoisotopic (exact) mass is 367 g/mol. The summed E-state index contributed by atoms with van der Waals surface area (Å²) in [7, 11) is 0. The summed E-state index contributed by atoms with van der Waals surface area (Å²) in [6, 6.07) is 10.7. The molecule has 0 aliphatic heterocycles. The van der Waals surface area contributed by atoms with Crippen molar-refractivity contribution in [3.8, 4) is 5.75 Å². The number of hydrogen-bond donors (Lipinski definition) is 3. The van der Waals surface area contributed by atoms with Gasteiger partial charge in [-0.3, -0.25) is 4.99 Å². The van der Waals surface area contributed by atoms with Crippen LogP contribution in [-0.4, -0.2) is 24.0 Å². The van der Waals surface area contributed by atoms with Gasteiger partial charge in [-0.2, -0.15) is 0 Å². The lowest BCUT2D eigenvalue weighted by Crippen LogP contribution is -2.23. The highest BCUT2D eigenvalue weighted by molar-refractivity contribution is 5.92. The molecule has 0 radical (unpaired) electrons. The van der Waals surface area contributed by atoms with Gasteiger partial charge in [-0.05, 0) is 54.8 Å². The summed E-state index contributed by atoms with van der Waals surface area (Å²) in [5, 5.41) is 13.0. The molecule has 26 heavy (non-hydrogen) atoms. The number of alkyl halides is 3. The van der Waals surface area contributed by atoms with E-state index in [-0.39, 0.29) is 18.3 Å². The number of hydrogen-bond acceptors (Lipinski definition) is 3. The van der Waals surface area contributed by atoms with Gasteiger partial charge in [0.15, 0.2) is 5.96 Å². The van der Waals surface area contributed by atoms with Crippen LogP contribution < -0.4 is 15.8 Å². The van der Waals surface area contributed by atoms with Gasteiger partial charge in [-0.25, -0.2) is 0 Å². The largest absolute Gasteiger partial charge is 0.573 e. The Hall–Kier alpha value is -2.74. The number of aliphatic hydroxyl groups excluding tert-OH is 1. The topological polar surface area (TPSA) is 79.9 Å². The predicted octanol–water partition coefficient (Wildman–Crippen LogP) is 3.66. The standard InChI is InChI=1S/C18H20F3N3O2/c1-11-3-6-14(9-12(11)2)24-17(22)23-10-16(25)13-4-7-15(8-5-13)26-18(19,20)21/h3-9,16,25H,10H2,1-2H3,(H3,22,23,24). The molecule has 0 aliphatic carbocycles. The van der Waals surface area contributed by atoms with Crippen LogP contribution in [0.4, 0.5) is 18.9 Å². The quantitative estimate of drug-likeness (QED) is 0.557. The van der Waals surface area contributed by atoms with E-state index in [2.05, 4.69) is 15.0 Å². The molecule has 0 fully saturated rings. The highest BCUT2D eigenvalue weighted by Gasteiger charge is 2.31. The van der Waals surface area contributed by atoms with E-state index >= 15 is 0 Å². The average molecular weight is 367 g/mol. The lowest BCUT2D eigenvalue weighted by Gasteiger charge is -2.12. The van der Waals surface area contributed by atoms with Crippen molar-refractivity contribution >= 4 is 11.6 Å². The van der Waals surface area contributed by atoms with Crippen LogP contribution in [0.5, 0.6) is 5.75 Å². The van der Waals surface area contributed by atoms with Gasteiger partial charge in [-0.15, -0.1) is 13.2 Å². The van der Waals surface area contributed by atoms with Crippen molar-refractivity contribution in [2.75, 3.05) is 11.9 Å². The number of nitrogens with two attached hydrogens (primary N) is 1. The normalized spacial score (nSPS) is 13.4. The van der Waals surface area contributed by atoms with Gasteiger partial charge in [0, 0.05) is 5.69 Å². The molecule has 0 saturated carbocycles. The summed E-state index contributed by atoms with van der Waals surface area (Å²) in [4.78, 5) is 4.05. The first-order chi connectivity index (χ1) is 12.1. The minimum Gasteiger partial charge on any atom is -0.406 e. The van der Waals surface area contributed by atoms with E-state index in [0.29, 0.717) is 5.56 Å². The fourth-order valence-corrected chi connectivity index (χ4v) is 2.19. The number of halogens is 3. The van der Waals surface area contributed by atoms with Crippen LogP contribution in [0.25, 0.3) is 0 Å². The number of nitrogens with one attached hydrogen (secondary N) is 1. The molecule has 140 valence electrons. The molecule has 1 unspecified atom stereocenters. The van der Waals surface area contributed by atoms with Crippen LogP contribution in [0.3, 0.4) is 0 Å². The molecule has 0 spiro atoms. The van der Waals surface area contributed by atoms with Gasteiger partial charge in [0.2, 0.25) is 0 Å². The van der Waals surface area contributed by atoms with Crippen LogP contribution in [0, 0.1) is 13.8 Å². The SMILES string of the molecule is Cc1ccc(NC(N)=NCC(O)c2ccc(OC(F)(F)F)cc2)cc1C. The Labute approximate surface area is 149 Å². The highest BCUT2D eigenvalue weighted by atomic mass is 19.4. The Morgan fingerprint density at radius 3 is 2.38 bits per heavy atom. The molecule has 2 rings (SSSR count). The molecule has 0 heterocycles. The van der Waals surface area contributed by atoms with Crippen LogP contribution in [0.15, 0.2) is 47.5 Å². The zero-order valence-corrected chi connectivity index (χ0v) is 14.3. The second-order valence-electron chi connectivity index (χ2n) is 5.78. The maximum absolute atomic E-state index is 12.1. The Morgan fingerprint density at radius 1 is 1.15 bits per heavy atom. The third kappa shape index (κ3) is 5.96.